The van der Waals surface area contributed by atoms with E-state index in [1.165, 1.54) is 32.4 Å². The highest BCUT2D eigenvalue weighted by molar-refractivity contribution is 6.23. The molecular formula is C24H23N3O6. The van der Waals surface area contributed by atoms with E-state index < -0.39 is 29.8 Å². The number of nitrogens with one attached hydrogen (secondary N) is 2. The lowest BCUT2D eigenvalue weighted by Gasteiger charge is -2.17. The number of aromatic nitrogens is 1. The molecule has 4 rings (SSSR count). The Kier molecular flexibility index (Phi) is 6.23. The molecule has 2 amide bonds. The number of hydrogen-bond acceptors (Lipinski definition) is 7. The van der Waals surface area contributed by atoms with Gasteiger partial charge in [-0.15, -0.1) is 0 Å². The Morgan fingerprint density at radius 1 is 1.06 bits per heavy atom. The second-order valence-corrected chi connectivity index (χ2v) is 7.64. The van der Waals surface area contributed by atoms with Gasteiger partial charge in [-0.1, -0.05) is 18.2 Å². The Balaban J connectivity index is 1.50. The van der Waals surface area contributed by atoms with Crippen LogP contribution in [-0.4, -0.2) is 55.5 Å². The van der Waals surface area contributed by atoms with Crippen LogP contribution in [0.4, 0.5) is 5.69 Å². The Labute approximate surface area is 189 Å². The van der Waals surface area contributed by atoms with Crippen molar-refractivity contribution in [2.24, 2.45) is 0 Å². The smallest absolute Gasteiger partial charge is 0.337 e. The van der Waals surface area contributed by atoms with Crippen LogP contribution in [0.2, 0.25) is 0 Å². The van der Waals surface area contributed by atoms with Crippen molar-refractivity contribution in [2.75, 3.05) is 25.7 Å². The number of fused-ring (bicyclic) bond motifs is 1. The van der Waals surface area contributed by atoms with Gasteiger partial charge >= 0.3 is 11.9 Å². The monoisotopic (exact) mass is 449 g/mol. The summed E-state index contributed by atoms with van der Waals surface area (Å²) in [6, 6.07) is 11.2. The first kappa shape index (κ1) is 22.2. The van der Waals surface area contributed by atoms with Gasteiger partial charge in [0, 0.05) is 23.6 Å². The summed E-state index contributed by atoms with van der Waals surface area (Å²) in [5.41, 5.74) is 2.34. The van der Waals surface area contributed by atoms with Gasteiger partial charge in [-0.3, -0.25) is 9.59 Å². The number of H-pyrrole nitrogens is 1. The predicted octanol–water partition coefficient (Wildman–Crippen LogP) is 2.21. The summed E-state index contributed by atoms with van der Waals surface area (Å²) >= 11 is 0. The molecule has 0 spiro atoms. The SMILES string of the molecule is COC(=O)c1cc(C(=O)OC)cc(N2C(=O)C[C@H](NCCc3c[nH]c4ccccc34)C2=O)c1. The van der Waals surface area contributed by atoms with Gasteiger partial charge in [0.2, 0.25) is 5.91 Å². The number of anilines is 1. The van der Waals surface area contributed by atoms with Crippen molar-refractivity contribution in [1.82, 2.24) is 10.3 Å². The normalized spacial score (nSPS) is 15.8. The van der Waals surface area contributed by atoms with E-state index in [1.807, 2.05) is 30.5 Å². The van der Waals surface area contributed by atoms with Crippen molar-refractivity contribution in [3.63, 3.8) is 0 Å². The molecule has 170 valence electrons. The van der Waals surface area contributed by atoms with Crippen LogP contribution in [0.15, 0.2) is 48.7 Å². The van der Waals surface area contributed by atoms with Crippen LogP contribution < -0.4 is 10.2 Å². The van der Waals surface area contributed by atoms with Crippen molar-refractivity contribution >= 4 is 40.3 Å². The second-order valence-electron chi connectivity index (χ2n) is 7.64. The van der Waals surface area contributed by atoms with Crippen molar-refractivity contribution in [3.8, 4) is 0 Å². The topological polar surface area (TPSA) is 118 Å². The number of ether oxygens (including phenoxy) is 2. The van der Waals surface area contributed by atoms with Crippen LogP contribution in [0, 0.1) is 0 Å². The number of para-hydroxylation sites is 1. The standard InChI is InChI=1S/C24H23N3O6/c1-32-23(30)15-9-16(24(31)33-2)11-17(10-15)27-21(28)12-20(22(27)29)25-8-7-14-13-26-19-6-4-3-5-18(14)19/h3-6,9-11,13,20,25-26H,7-8,12H2,1-2H3/t20-/m0/s1. The molecule has 1 aliphatic rings. The summed E-state index contributed by atoms with van der Waals surface area (Å²) in [7, 11) is 2.40. The zero-order valence-electron chi connectivity index (χ0n) is 18.2. The largest absolute Gasteiger partial charge is 0.465 e. The lowest BCUT2D eigenvalue weighted by Crippen LogP contribution is -2.39. The fourth-order valence-electron chi connectivity index (χ4n) is 3.99. The number of imide groups is 1. The Bertz CT molecular complexity index is 1210. The fraction of sp³-hybridized carbons (Fsp3) is 0.250. The molecule has 2 heterocycles. The molecule has 2 aromatic carbocycles. The maximum absolute atomic E-state index is 13.0. The molecule has 3 aromatic rings. The van der Waals surface area contributed by atoms with Gasteiger partial charge in [0.25, 0.3) is 5.91 Å². The number of methoxy groups -OCH3 is 2. The number of carbonyl (C=O) groups is 4. The maximum atomic E-state index is 13.0. The van der Waals surface area contributed by atoms with Gasteiger partial charge in [0.1, 0.15) is 0 Å². The van der Waals surface area contributed by atoms with Crippen LogP contribution in [-0.2, 0) is 25.5 Å². The summed E-state index contributed by atoms with van der Waals surface area (Å²) in [6.45, 7) is 0.495. The van der Waals surface area contributed by atoms with E-state index in [0.29, 0.717) is 13.0 Å². The van der Waals surface area contributed by atoms with Gasteiger partial charge in [-0.25, -0.2) is 14.5 Å². The summed E-state index contributed by atoms with van der Waals surface area (Å²) in [5, 5.41) is 4.27. The molecular weight excluding hydrogens is 426 g/mol. The minimum absolute atomic E-state index is 0.0251. The van der Waals surface area contributed by atoms with Crippen molar-refractivity contribution < 1.29 is 28.7 Å². The van der Waals surface area contributed by atoms with Crippen molar-refractivity contribution in [1.29, 1.82) is 0 Å². The van der Waals surface area contributed by atoms with E-state index in [4.69, 9.17) is 9.47 Å². The van der Waals surface area contributed by atoms with Crippen LogP contribution in [0.25, 0.3) is 10.9 Å². The number of carbonyl (C=O) groups excluding carboxylic acids is 4. The summed E-state index contributed by atoms with van der Waals surface area (Å²) in [5.74, 6) is -2.27. The summed E-state index contributed by atoms with van der Waals surface area (Å²) in [6.07, 6.45) is 2.59. The molecule has 1 saturated heterocycles. The van der Waals surface area contributed by atoms with E-state index in [2.05, 4.69) is 10.3 Å². The number of benzene rings is 2. The minimum Gasteiger partial charge on any atom is -0.465 e. The molecule has 2 N–H and O–H groups in total. The number of amides is 2. The number of rotatable bonds is 7. The maximum Gasteiger partial charge on any atom is 0.337 e. The lowest BCUT2D eigenvalue weighted by atomic mass is 10.1. The van der Waals surface area contributed by atoms with E-state index in [9.17, 15) is 19.2 Å². The predicted molar refractivity (Wildman–Crippen MR) is 120 cm³/mol. The minimum atomic E-state index is -0.703. The molecule has 0 aliphatic carbocycles. The Hall–Kier alpha value is -3.98. The number of hydrogen-bond donors (Lipinski definition) is 2. The molecule has 1 fully saturated rings. The third kappa shape index (κ3) is 4.35. The van der Waals surface area contributed by atoms with E-state index in [1.54, 1.807) is 0 Å². The van der Waals surface area contributed by atoms with E-state index in [-0.39, 0.29) is 23.2 Å². The van der Waals surface area contributed by atoms with Gasteiger partial charge in [0.15, 0.2) is 0 Å². The molecule has 1 aliphatic heterocycles. The van der Waals surface area contributed by atoms with Crippen molar-refractivity contribution in [3.05, 3.63) is 65.4 Å². The van der Waals surface area contributed by atoms with Gasteiger partial charge in [-0.2, -0.15) is 0 Å². The Morgan fingerprint density at radius 2 is 1.73 bits per heavy atom. The van der Waals surface area contributed by atoms with Crippen LogP contribution in [0.3, 0.4) is 0 Å². The average Bonchev–Trinajstić information content (AvgIpc) is 3.37. The third-order valence-electron chi connectivity index (χ3n) is 5.62. The first-order valence-electron chi connectivity index (χ1n) is 10.4. The molecule has 0 bridgehead atoms. The van der Waals surface area contributed by atoms with E-state index in [0.717, 1.165) is 21.4 Å². The lowest BCUT2D eigenvalue weighted by molar-refractivity contribution is -0.121. The summed E-state index contributed by atoms with van der Waals surface area (Å²) in [4.78, 5) is 54.0. The van der Waals surface area contributed by atoms with Crippen LogP contribution in [0.1, 0.15) is 32.7 Å². The van der Waals surface area contributed by atoms with Crippen LogP contribution >= 0.6 is 0 Å². The quantitative estimate of drug-likeness (QED) is 0.419. The molecule has 9 nitrogen and oxygen atoms in total. The highest BCUT2D eigenvalue weighted by Gasteiger charge is 2.39. The van der Waals surface area contributed by atoms with E-state index >= 15 is 0 Å². The van der Waals surface area contributed by atoms with Gasteiger partial charge in [-0.05, 0) is 36.2 Å². The number of nitrogens with zero attached hydrogens (tertiary/aromatic N) is 1. The van der Waals surface area contributed by atoms with Crippen LogP contribution in [0.5, 0.6) is 0 Å². The molecule has 1 atom stereocenters. The molecule has 9 heteroatoms. The zero-order valence-corrected chi connectivity index (χ0v) is 18.2. The Morgan fingerprint density at radius 3 is 2.39 bits per heavy atom. The molecule has 33 heavy (non-hydrogen) atoms. The first-order valence-corrected chi connectivity index (χ1v) is 10.4. The van der Waals surface area contributed by atoms with Gasteiger partial charge in [0.05, 0.1) is 43.5 Å². The number of esters is 2. The summed E-state index contributed by atoms with van der Waals surface area (Å²) < 4.78 is 9.44. The average molecular weight is 449 g/mol. The van der Waals surface area contributed by atoms with Gasteiger partial charge < -0.3 is 19.8 Å². The second kappa shape index (κ2) is 9.25. The third-order valence-corrected chi connectivity index (χ3v) is 5.62. The van der Waals surface area contributed by atoms with Crippen molar-refractivity contribution in [2.45, 2.75) is 18.9 Å². The molecule has 1 aromatic heterocycles. The zero-order chi connectivity index (χ0) is 23.5. The highest BCUT2D eigenvalue weighted by Crippen LogP contribution is 2.26. The number of aromatic amines is 1. The molecule has 0 unspecified atom stereocenters. The molecule has 0 saturated carbocycles. The highest BCUT2D eigenvalue weighted by atomic mass is 16.5. The molecule has 0 radical (unpaired) electrons. The fourth-order valence-corrected chi connectivity index (χ4v) is 3.99. The first-order chi connectivity index (χ1) is 15.9.